The maximum Gasteiger partial charge on any atom is 0.274 e. The van der Waals surface area contributed by atoms with Crippen molar-refractivity contribution in [1.82, 2.24) is 9.88 Å². The first-order chi connectivity index (χ1) is 9.11. The quantitative estimate of drug-likeness (QED) is 0.810. The van der Waals surface area contributed by atoms with Crippen LogP contribution in [0.1, 0.15) is 23.2 Å². The Morgan fingerprint density at radius 2 is 2.16 bits per heavy atom. The third-order valence-electron chi connectivity index (χ3n) is 2.61. The third kappa shape index (κ3) is 3.28. The molecule has 0 unspecified atom stereocenters. The summed E-state index contributed by atoms with van der Waals surface area (Å²) in [6.45, 7) is 2.76. The Hall–Kier alpha value is -1.52. The number of hydrogen-bond acceptors (Lipinski definition) is 3. The molecule has 2 aromatic heterocycles. The third-order valence-corrected chi connectivity index (χ3v) is 3.13. The molecule has 0 aliphatic carbocycles. The Labute approximate surface area is 120 Å². The summed E-state index contributed by atoms with van der Waals surface area (Å²) in [6.07, 6.45) is 1.57. The standard InChI is InChI=1S/C13H12Cl2N2O2/c1-2-17(8-9-4-3-7-19-9)13(18)12-10(14)5-6-11(15)16-12/h3-7H,2,8H2,1H3. The lowest BCUT2D eigenvalue weighted by molar-refractivity contribution is 0.0735. The molecule has 6 heteroatoms. The summed E-state index contributed by atoms with van der Waals surface area (Å²) < 4.78 is 5.23. The van der Waals surface area contributed by atoms with Crippen LogP contribution in [-0.4, -0.2) is 22.3 Å². The van der Waals surface area contributed by atoms with Crippen LogP contribution in [0.3, 0.4) is 0 Å². The minimum atomic E-state index is -0.272. The maximum absolute atomic E-state index is 12.4. The van der Waals surface area contributed by atoms with Gasteiger partial charge in [-0.05, 0) is 31.2 Å². The predicted octanol–water partition coefficient (Wildman–Crippen LogP) is 3.64. The lowest BCUT2D eigenvalue weighted by atomic mass is 10.3. The number of aromatic nitrogens is 1. The summed E-state index contributed by atoms with van der Waals surface area (Å²) in [4.78, 5) is 17.9. The summed E-state index contributed by atoms with van der Waals surface area (Å²) in [5, 5.41) is 0.522. The predicted molar refractivity (Wildman–Crippen MR) is 73.4 cm³/mol. The van der Waals surface area contributed by atoms with E-state index in [9.17, 15) is 4.79 Å². The van der Waals surface area contributed by atoms with Crippen LogP contribution in [0, 0.1) is 0 Å². The van der Waals surface area contributed by atoms with E-state index in [0.29, 0.717) is 18.8 Å². The molecule has 0 spiro atoms. The molecule has 2 aromatic rings. The monoisotopic (exact) mass is 298 g/mol. The summed E-state index contributed by atoms with van der Waals surface area (Å²) in [5.74, 6) is 0.430. The molecule has 1 amide bonds. The number of carbonyl (C=O) groups excluding carboxylic acids is 1. The van der Waals surface area contributed by atoms with Gasteiger partial charge in [-0.3, -0.25) is 4.79 Å². The van der Waals surface area contributed by atoms with Gasteiger partial charge in [0, 0.05) is 6.54 Å². The first-order valence-corrected chi connectivity index (χ1v) is 6.51. The van der Waals surface area contributed by atoms with Gasteiger partial charge >= 0.3 is 0 Å². The number of nitrogens with zero attached hydrogens (tertiary/aromatic N) is 2. The lowest BCUT2D eigenvalue weighted by Crippen LogP contribution is -2.31. The Bertz CT molecular complexity index is 570. The van der Waals surface area contributed by atoms with Crippen LogP contribution >= 0.6 is 23.2 Å². The van der Waals surface area contributed by atoms with Gasteiger partial charge in [0.2, 0.25) is 0 Å². The van der Waals surface area contributed by atoms with E-state index in [1.807, 2.05) is 13.0 Å². The van der Waals surface area contributed by atoms with E-state index in [1.165, 1.54) is 0 Å². The smallest absolute Gasteiger partial charge is 0.274 e. The van der Waals surface area contributed by atoms with Gasteiger partial charge in [0.15, 0.2) is 0 Å². The van der Waals surface area contributed by atoms with E-state index in [1.54, 1.807) is 29.4 Å². The van der Waals surface area contributed by atoms with Gasteiger partial charge in [-0.1, -0.05) is 23.2 Å². The Kier molecular flexibility index (Phi) is 4.45. The molecule has 0 atom stereocenters. The fourth-order valence-corrected chi connectivity index (χ4v) is 1.97. The molecule has 19 heavy (non-hydrogen) atoms. The summed E-state index contributed by atoms with van der Waals surface area (Å²) in [5.41, 5.74) is 0.155. The molecule has 0 N–H and O–H groups in total. The van der Waals surface area contributed by atoms with Gasteiger partial charge in [0.05, 0.1) is 17.8 Å². The van der Waals surface area contributed by atoms with Crippen molar-refractivity contribution < 1.29 is 9.21 Å². The van der Waals surface area contributed by atoms with Crippen LogP contribution in [-0.2, 0) is 6.54 Å². The van der Waals surface area contributed by atoms with Gasteiger partial charge in [-0.25, -0.2) is 4.98 Å². The van der Waals surface area contributed by atoms with Crippen LogP contribution in [0.25, 0.3) is 0 Å². The molecule has 0 saturated heterocycles. The average molecular weight is 299 g/mol. The molecule has 2 heterocycles. The molecule has 4 nitrogen and oxygen atoms in total. The molecular formula is C13H12Cl2N2O2. The number of halogens is 2. The molecule has 0 fully saturated rings. The highest BCUT2D eigenvalue weighted by atomic mass is 35.5. The average Bonchev–Trinajstić information content (AvgIpc) is 2.91. The van der Waals surface area contributed by atoms with Crippen LogP contribution in [0.15, 0.2) is 34.9 Å². The molecule has 100 valence electrons. The summed E-state index contributed by atoms with van der Waals surface area (Å²) in [7, 11) is 0. The van der Waals surface area contributed by atoms with E-state index >= 15 is 0 Å². The number of hydrogen-bond donors (Lipinski definition) is 0. The first kappa shape index (κ1) is 13.9. The molecule has 2 rings (SSSR count). The van der Waals surface area contributed by atoms with Gasteiger partial charge in [-0.2, -0.15) is 0 Å². The summed E-state index contributed by atoms with van der Waals surface area (Å²) in [6, 6.07) is 6.69. The first-order valence-electron chi connectivity index (χ1n) is 5.75. The van der Waals surface area contributed by atoms with Gasteiger partial charge < -0.3 is 9.32 Å². The van der Waals surface area contributed by atoms with Gasteiger partial charge in [0.25, 0.3) is 5.91 Å². The molecule has 0 bridgehead atoms. The van der Waals surface area contributed by atoms with Crippen LogP contribution in [0.5, 0.6) is 0 Å². The van der Waals surface area contributed by atoms with Crippen molar-refractivity contribution in [2.24, 2.45) is 0 Å². The SMILES string of the molecule is CCN(Cc1ccco1)C(=O)c1nc(Cl)ccc1Cl. The number of furan rings is 1. The van der Waals surface area contributed by atoms with Crippen molar-refractivity contribution in [2.75, 3.05) is 6.54 Å². The molecule has 0 saturated carbocycles. The van der Waals surface area contributed by atoms with Crippen molar-refractivity contribution in [2.45, 2.75) is 13.5 Å². The molecule has 0 aliphatic heterocycles. The van der Waals surface area contributed by atoms with Crippen LogP contribution in [0.4, 0.5) is 0 Å². The molecule has 0 radical (unpaired) electrons. The highest BCUT2D eigenvalue weighted by molar-refractivity contribution is 6.34. The second-order valence-electron chi connectivity index (χ2n) is 3.86. The number of rotatable bonds is 4. The lowest BCUT2D eigenvalue weighted by Gasteiger charge is -2.19. The second kappa shape index (κ2) is 6.08. The Morgan fingerprint density at radius 3 is 2.79 bits per heavy atom. The van der Waals surface area contributed by atoms with E-state index in [2.05, 4.69) is 4.98 Å². The number of amides is 1. The Morgan fingerprint density at radius 1 is 1.37 bits per heavy atom. The zero-order valence-electron chi connectivity index (χ0n) is 10.3. The van der Waals surface area contributed by atoms with Crippen molar-refractivity contribution in [3.8, 4) is 0 Å². The van der Waals surface area contributed by atoms with Crippen LogP contribution in [0.2, 0.25) is 10.2 Å². The van der Waals surface area contributed by atoms with E-state index in [4.69, 9.17) is 27.6 Å². The van der Waals surface area contributed by atoms with Crippen LogP contribution < -0.4 is 0 Å². The van der Waals surface area contributed by atoms with Gasteiger partial charge in [-0.15, -0.1) is 0 Å². The zero-order chi connectivity index (χ0) is 13.8. The normalized spacial score (nSPS) is 10.5. The second-order valence-corrected chi connectivity index (χ2v) is 4.66. The Balaban J connectivity index is 2.23. The van der Waals surface area contributed by atoms with Crippen molar-refractivity contribution in [3.05, 3.63) is 52.2 Å². The molecule has 0 aromatic carbocycles. The maximum atomic E-state index is 12.4. The topological polar surface area (TPSA) is 46.3 Å². The fourth-order valence-electron chi connectivity index (χ4n) is 1.64. The van der Waals surface area contributed by atoms with Crippen molar-refractivity contribution >= 4 is 29.1 Å². The minimum absolute atomic E-state index is 0.155. The molecular weight excluding hydrogens is 287 g/mol. The minimum Gasteiger partial charge on any atom is -0.467 e. The number of carbonyl (C=O) groups is 1. The van der Waals surface area contributed by atoms with Crippen molar-refractivity contribution in [3.63, 3.8) is 0 Å². The molecule has 0 aliphatic rings. The largest absolute Gasteiger partial charge is 0.467 e. The summed E-state index contributed by atoms with van der Waals surface area (Å²) >= 11 is 11.8. The fraction of sp³-hybridized carbons (Fsp3) is 0.231. The van der Waals surface area contributed by atoms with Gasteiger partial charge in [0.1, 0.15) is 16.6 Å². The van der Waals surface area contributed by atoms with E-state index in [-0.39, 0.29) is 21.8 Å². The van der Waals surface area contributed by atoms with E-state index < -0.39 is 0 Å². The van der Waals surface area contributed by atoms with E-state index in [0.717, 1.165) is 0 Å². The highest BCUT2D eigenvalue weighted by Crippen LogP contribution is 2.19. The van der Waals surface area contributed by atoms with Crippen molar-refractivity contribution in [1.29, 1.82) is 0 Å². The number of pyridine rings is 1. The highest BCUT2D eigenvalue weighted by Gasteiger charge is 2.20. The zero-order valence-corrected chi connectivity index (χ0v) is 11.8.